The molecule has 2 rings (SSSR count). The molecular formula is C18H23FN2O2. The molecule has 0 saturated carbocycles. The Bertz CT molecular complexity index is 605. The van der Waals surface area contributed by atoms with E-state index in [9.17, 15) is 14.0 Å². The molecule has 1 fully saturated rings. The number of piperidine rings is 1. The summed E-state index contributed by atoms with van der Waals surface area (Å²) < 4.78 is 13.7. The zero-order valence-electron chi connectivity index (χ0n) is 13.6. The van der Waals surface area contributed by atoms with Crippen LogP contribution in [-0.2, 0) is 4.79 Å². The van der Waals surface area contributed by atoms with E-state index in [1.807, 2.05) is 13.0 Å². The van der Waals surface area contributed by atoms with Gasteiger partial charge in [0.15, 0.2) is 0 Å². The minimum absolute atomic E-state index is 0.0502. The van der Waals surface area contributed by atoms with E-state index < -0.39 is 5.82 Å². The van der Waals surface area contributed by atoms with Gasteiger partial charge in [0.05, 0.1) is 5.56 Å². The van der Waals surface area contributed by atoms with Crippen LogP contribution in [0.5, 0.6) is 0 Å². The van der Waals surface area contributed by atoms with Crippen molar-refractivity contribution < 1.29 is 14.0 Å². The summed E-state index contributed by atoms with van der Waals surface area (Å²) in [4.78, 5) is 26.0. The van der Waals surface area contributed by atoms with Gasteiger partial charge in [0.25, 0.3) is 5.91 Å². The number of hydrogen-bond donors (Lipinski definition) is 1. The fraction of sp³-hybridized carbons (Fsp3) is 0.444. The topological polar surface area (TPSA) is 49.4 Å². The number of rotatable bonds is 4. The molecule has 124 valence electrons. The molecule has 1 aromatic rings. The lowest BCUT2D eigenvalue weighted by atomic mass is 10.0. The van der Waals surface area contributed by atoms with Crippen molar-refractivity contribution in [1.29, 1.82) is 0 Å². The van der Waals surface area contributed by atoms with Crippen LogP contribution in [0.3, 0.4) is 0 Å². The maximum absolute atomic E-state index is 13.7. The Morgan fingerprint density at radius 3 is 2.57 bits per heavy atom. The Kier molecular flexibility index (Phi) is 5.90. The predicted molar refractivity (Wildman–Crippen MR) is 87.5 cm³/mol. The van der Waals surface area contributed by atoms with Crippen LogP contribution in [0.4, 0.5) is 4.39 Å². The average molecular weight is 318 g/mol. The SMILES string of the molecule is CC/C=C(/C)C(=O)NC1CCN(C(=O)c2ccccc2F)CC1. The molecule has 23 heavy (non-hydrogen) atoms. The third-order valence-electron chi connectivity index (χ3n) is 4.09. The van der Waals surface area contributed by atoms with E-state index in [1.54, 1.807) is 24.0 Å². The Morgan fingerprint density at radius 1 is 1.30 bits per heavy atom. The highest BCUT2D eigenvalue weighted by atomic mass is 19.1. The standard InChI is InChI=1S/C18H23FN2O2/c1-3-6-13(2)17(22)20-14-9-11-21(12-10-14)18(23)15-7-4-5-8-16(15)19/h4-8,14H,3,9-12H2,1-2H3,(H,20,22)/b13-6-. The molecule has 1 aromatic carbocycles. The molecule has 5 heteroatoms. The number of allylic oxidation sites excluding steroid dienone is 1. The molecule has 1 N–H and O–H groups in total. The molecule has 0 aromatic heterocycles. The van der Waals surface area contributed by atoms with Gasteiger partial charge < -0.3 is 10.2 Å². The summed E-state index contributed by atoms with van der Waals surface area (Å²) >= 11 is 0. The number of nitrogens with zero attached hydrogens (tertiary/aromatic N) is 1. The second kappa shape index (κ2) is 7.90. The minimum atomic E-state index is -0.492. The monoisotopic (exact) mass is 318 g/mol. The number of likely N-dealkylation sites (tertiary alicyclic amines) is 1. The van der Waals surface area contributed by atoms with Crippen LogP contribution in [0.25, 0.3) is 0 Å². The first-order chi connectivity index (χ1) is 11.0. The molecule has 4 nitrogen and oxygen atoms in total. The molecule has 0 spiro atoms. The van der Waals surface area contributed by atoms with Gasteiger partial charge >= 0.3 is 0 Å². The molecule has 0 atom stereocenters. The van der Waals surface area contributed by atoms with Crippen molar-refractivity contribution in [2.45, 2.75) is 39.2 Å². The maximum atomic E-state index is 13.7. The Labute approximate surface area is 136 Å². The maximum Gasteiger partial charge on any atom is 0.256 e. The molecule has 1 aliphatic heterocycles. The summed E-state index contributed by atoms with van der Waals surface area (Å²) in [5.41, 5.74) is 0.828. The second-order valence-corrected chi connectivity index (χ2v) is 5.82. The summed E-state index contributed by atoms with van der Waals surface area (Å²) in [7, 11) is 0. The Balaban J connectivity index is 1.89. The van der Waals surface area contributed by atoms with Gasteiger partial charge in [0.1, 0.15) is 5.82 Å². The van der Waals surface area contributed by atoms with E-state index in [4.69, 9.17) is 0 Å². The smallest absolute Gasteiger partial charge is 0.256 e. The van der Waals surface area contributed by atoms with Crippen molar-refractivity contribution in [3.8, 4) is 0 Å². The molecule has 1 heterocycles. The Hall–Kier alpha value is -2.17. The molecule has 0 bridgehead atoms. The molecule has 0 radical (unpaired) electrons. The summed E-state index contributed by atoms with van der Waals surface area (Å²) in [5.74, 6) is -0.825. The van der Waals surface area contributed by atoms with E-state index in [0.29, 0.717) is 25.9 Å². The van der Waals surface area contributed by atoms with Gasteiger partial charge in [-0.3, -0.25) is 9.59 Å². The largest absolute Gasteiger partial charge is 0.349 e. The summed E-state index contributed by atoms with van der Waals surface area (Å²) in [5, 5.41) is 2.99. The van der Waals surface area contributed by atoms with E-state index in [2.05, 4.69) is 5.32 Å². The third-order valence-corrected chi connectivity index (χ3v) is 4.09. The van der Waals surface area contributed by atoms with Crippen LogP contribution in [0.15, 0.2) is 35.9 Å². The van der Waals surface area contributed by atoms with Crippen LogP contribution in [0.1, 0.15) is 43.5 Å². The summed E-state index contributed by atoms with van der Waals surface area (Å²) in [6.07, 6.45) is 4.09. The second-order valence-electron chi connectivity index (χ2n) is 5.82. The summed E-state index contributed by atoms with van der Waals surface area (Å²) in [6, 6.07) is 6.09. The van der Waals surface area contributed by atoms with Gasteiger partial charge in [-0.15, -0.1) is 0 Å². The van der Waals surface area contributed by atoms with Gasteiger partial charge in [-0.2, -0.15) is 0 Å². The lowest BCUT2D eigenvalue weighted by Gasteiger charge is -2.32. The first-order valence-electron chi connectivity index (χ1n) is 8.04. The number of nitrogens with one attached hydrogen (secondary N) is 1. The zero-order chi connectivity index (χ0) is 16.8. The molecule has 1 aliphatic rings. The summed E-state index contributed by atoms with van der Waals surface area (Å²) in [6.45, 7) is 4.84. The van der Waals surface area contributed by atoms with Crippen molar-refractivity contribution in [1.82, 2.24) is 10.2 Å². The van der Waals surface area contributed by atoms with Crippen LogP contribution >= 0.6 is 0 Å². The van der Waals surface area contributed by atoms with Gasteiger partial charge in [0.2, 0.25) is 5.91 Å². The zero-order valence-corrected chi connectivity index (χ0v) is 13.6. The van der Waals surface area contributed by atoms with Crippen LogP contribution < -0.4 is 5.32 Å². The number of hydrogen-bond acceptors (Lipinski definition) is 2. The van der Waals surface area contributed by atoms with Crippen molar-refractivity contribution in [3.63, 3.8) is 0 Å². The van der Waals surface area contributed by atoms with Crippen molar-refractivity contribution in [2.75, 3.05) is 13.1 Å². The average Bonchev–Trinajstić information content (AvgIpc) is 2.55. The van der Waals surface area contributed by atoms with Crippen LogP contribution in [0.2, 0.25) is 0 Å². The van der Waals surface area contributed by atoms with E-state index in [1.165, 1.54) is 12.1 Å². The molecule has 1 saturated heterocycles. The van der Waals surface area contributed by atoms with E-state index >= 15 is 0 Å². The van der Waals surface area contributed by atoms with Gasteiger partial charge in [-0.05, 0) is 38.3 Å². The molecule has 2 amide bonds. The quantitative estimate of drug-likeness (QED) is 0.868. The predicted octanol–water partition coefficient (Wildman–Crippen LogP) is 2.90. The number of halogens is 1. The van der Waals surface area contributed by atoms with Crippen molar-refractivity contribution in [3.05, 3.63) is 47.3 Å². The van der Waals surface area contributed by atoms with E-state index in [-0.39, 0.29) is 23.4 Å². The first-order valence-corrected chi connectivity index (χ1v) is 8.04. The number of benzene rings is 1. The molecule has 0 aliphatic carbocycles. The lowest BCUT2D eigenvalue weighted by molar-refractivity contribution is -0.118. The highest BCUT2D eigenvalue weighted by molar-refractivity contribution is 5.94. The molecular weight excluding hydrogens is 295 g/mol. The van der Waals surface area contributed by atoms with Gasteiger partial charge in [-0.1, -0.05) is 25.1 Å². The lowest BCUT2D eigenvalue weighted by Crippen LogP contribution is -2.46. The Morgan fingerprint density at radius 2 is 1.96 bits per heavy atom. The highest BCUT2D eigenvalue weighted by Crippen LogP contribution is 2.16. The van der Waals surface area contributed by atoms with Crippen molar-refractivity contribution >= 4 is 11.8 Å². The minimum Gasteiger partial charge on any atom is -0.349 e. The van der Waals surface area contributed by atoms with E-state index in [0.717, 1.165) is 12.0 Å². The van der Waals surface area contributed by atoms with Gasteiger partial charge in [0, 0.05) is 24.7 Å². The molecule has 0 unspecified atom stereocenters. The highest BCUT2D eigenvalue weighted by Gasteiger charge is 2.26. The first kappa shape index (κ1) is 17.2. The van der Waals surface area contributed by atoms with Crippen molar-refractivity contribution in [2.24, 2.45) is 0 Å². The number of carbonyl (C=O) groups excluding carboxylic acids is 2. The number of amides is 2. The van der Waals surface area contributed by atoms with Crippen LogP contribution in [0, 0.1) is 5.82 Å². The normalized spacial score (nSPS) is 16.3. The van der Waals surface area contributed by atoms with Gasteiger partial charge in [-0.25, -0.2) is 4.39 Å². The fourth-order valence-electron chi connectivity index (χ4n) is 2.73. The number of carbonyl (C=O) groups is 2. The fourth-order valence-corrected chi connectivity index (χ4v) is 2.73. The van der Waals surface area contributed by atoms with Crippen LogP contribution in [-0.4, -0.2) is 35.8 Å². The third kappa shape index (κ3) is 4.41.